The topological polar surface area (TPSA) is 204 Å². The van der Waals surface area contributed by atoms with Gasteiger partial charge in [0, 0.05) is 23.9 Å². The maximum Gasteiger partial charge on any atom is 0.335 e. The smallest absolute Gasteiger partial charge is 0.335 e. The number of fused-ring (bicyclic) bond motifs is 1. The minimum Gasteiger partial charge on any atom is -0.479 e. The number of amides is 1. The number of carbonyl (C=O) groups excluding carboxylic acids is 1. The van der Waals surface area contributed by atoms with E-state index in [1.54, 1.807) is 12.4 Å². The Kier molecular flexibility index (Phi) is 6.69. The molecule has 0 aliphatic carbocycles. The van der Waals surface area contributed by atoms with Crippen molar-refractivity contribution in [2.45, 2.75) is 36.3 Å². The lowest BCUT2D eigenvalue weighted by molar-refractivity contribution is -0.152. The number of aliphatic hydroxyl groups is 1. The number of imidazole rings is 1. The Morgan fingerprint density at radius 3 is 2.76 bits per heavy atom. The van der Waals surface area contributed by atoms with Gasteiger partial charge in [0.2, 0.25) is 5.91 Å². The number of nitrogen functional groups attached to an aromatic ring is 1. The molecule has 1 aliphatic heterocycles. The van der Waals surface area contributed by atoms with Crippen molar-refractivity contribution in [3.8, 4) is 0 Å². The lowest BCUT2D eigenvalue weighted by atomic mass is 10.1. The number of thioether (sulfide) groups is 1. The minimum absolute atomic E-state index is 0.126. The van der Waals surface area contributed by atoms with E-state index in [0.717, 1.165) is 5.56 Å². The van der Waals surface area contributed by atoms with Crippen LogP contribution in [0.2, 0.25) is 0 Å². The van der Waals surface area contributed by atoms with Gasteiger partial charge in [-0.05, 0) is 17.7 Å². The lowest BCUT2D eigenvalue weighted by Gasteiger charge is -2.22. The Balaban J connectivity index is 1.44. The molecule has 13 nitrogen and oxygen atoms in total. The Labute approximate surface area is 191 Å². The number of nitrogens with zero attached hydrogens (tertiary/aromatic N) is 5. The molecule has 0 radical (unpaired) electrons. The first-order valence-corrected chi connectivity index (χ1v) is 11.0. The zero-order valence-electron chi connectivity index (χ0n) is 17.2. The summed E-state index contributed by atoms with van der Waals surface area (Å²) in [6.45, 7) is 0. The average Bonchev–Trinajstić information content (AvgIpc) is 3.37. The van der Waals surface area contributed by atoms with E-state index in [0.29, 0.717) is 11.5 Å². The van der Waals surface area contributed by atoms with Crippen LogP contribution in [0.3, 0.4) is 0 Å². The second-order valence-corrected chi connectivity index (χ2v) is 8.40. The standard InChI is InChI=1S/C19H22N8O5S/c20-10(6-33-5-9-1-3-22-4-2-9)17(29)26-11-13(28)18(32-14(11)19(30)31)27-8-25-12-15(21)23-7-24-16(12)27/h1-4,7-8,10-11,13-14,18,28H,5-6,20H2,(H,26,29)(H,30,31)(H2,21,23,24)/t10?,11-,13+,14-,18+/m0/s1. The molecule has 1 unspecified atom stereocenters. The molecule has 1 aliphatic rings. The van der Waals surface area contributed by atoms with Crippen molar-refractivity contribution in [2.75, 3.05) is 11.5 Å². The normalized spacial score (nSPS) is 23.5. The molecule has 0 aromatic carbocycles. The molecule has 4 heterocycles. The Bertz CT molecular complexity index is 1150. The van der Waals surface area contributed by atoms with E-state index in [4.69, 9.17) is 16.2 Å². The van der Waals surface area contributed by atoms with Crippen LogP contribution in [-0.2, 0) is 20.1 Å². The van der Waals surface area contributed by atoms with E-state index in [1.165, 1.54) is 29.0 Å². The predicted molar refractivity (Wildman–Crippen MR) is 118 cm³/mol. The molecule has 5 atom stereocenters. The maximum atomic E-state index is 12.6. The minimum atomic E-state index is -1.51. The van der Waals surface area contributed by atoms with E-state index >= 15 is 0 Å². The Morgan fingerprint density at radius 1 is 1.27 bits per heavy atom. The first-order valence-electron chi connectivity index (χ1n) is 9.88. The van der Waals surface area contributed by atoms with Gasteiger partial charge in [0.05, 0.1) is 18.4 Å². The number of carboxylic acids is 1. The zero-order chi connectivity index (χ0) is 23.5. The van der Waals surface area contributed by atoms with Crippen LogP contribution in [0, 0.1) is 0 Å². The van der Waals surface area contributed by atoms with E-state index in [-0.39, 0.29) is 17.0 Å². The SMILES string of the molecule is Nc1ncnc2c1ncn2[C@@H]1O[C@H](C(=O)O)[C@@H](NC(=O)C(N)CSCc2ccncc2)[C@H]1O. The highest BCUT2D eigenvalue weighted by Crippen LogP contribution is 2.32. The number of hydrogen-bond donors (Lipinski definition) is 5. The summed E-state index contributed by atoms with van der Waals surface area (Å²) in [6.07, 6.45) is 1.78. The fourth-order valence-corrected chi connectivity index (χ4v) is 4.41. The molecule has 0 spiro atoms. The number of ether oxygens (including phenoxy) is 1. The molecule has 174 valence electrons. The third-order valence-corrected chi connectivity index (χ3v) is 6.27. The molecule has 3 aromatic heterocycles. The lowest BCUT2D eigenvalue weighted by Crippen LogP contribution is -2.54. The number of carboxylic acid groups (broad SMARTS) is 1. The molecule has 0 saturated carbocycles. The Morgan fingerprint density at radius 2 is 2.03 bits per heavy atom. The third kappa shape index (κ3) is 4.73. The number of pyridine rings is 1. The molecule has 3 aromatic rings. The number of anilines is 1. The molecule has 14 heteroatoms. The number of aliphatic hydroxyl groups excluding tert-OH is 1. The molecule has 7 N–H and O–H groups in total. The number of nitrogens with one attached hydrogen (secondary N) is 1. The second kappa shape index (κ2) is 9.66. The molecule has 4 rings (SSSR count). The molecule has 33 heavy (non-hydrogen) atoms. The van der Waals surface area contributed by atoms with Gasteiger partial charge in [-0.2, -0.15) is 11.8 Å². The molecular formula is C19H22N8O5S. The van der Waals surface area contributed by atoms with Crippen molar-refractivity contribution in [2.24, 2.45) is 5.73 Å². The van der Waals surface area contributed by atoms with E-state index in [2.05, 4.69) is 25.3 Å². The largest absolute Gasteiger partial charge is 0.479 e. The summed E-state index contributed by atoms with van der Waals surface area (Å²) in [4.78, 5) is 40.4. The van der Waals surface area contributed by atoms with Crippen LogP contribution in [0.15, 0.2) is 37.2 Å². The molecule has 1 fully saturated rings. The third-order valence-electron chi connectivity index (χ3n) is 5.14. The van der Waals surface area contributed by atoms with Crippen molar-refractivity contribution < 1.29 is 24.5 Å². The Hall–Kier alpha value is -3.33. The van der Waals surface area contributed by atoms with Crippen LogP contribution >= 0.6 is 11.8 Å². The number of rotatable bonds is 8. The van der Waals surface area contributed by atoms with Crippen LogP contribution in [0.25, 0.3) is 11.2 Å². The van der Waals surface area contributed by atoms with Crippen LogP contribution < -0.4 is 16.8 Å². The fourth-order valence-electron chi connectivity index (χ4n) is 3.46. The maximum absolute atomic E-state index is 12.6. The highest BCUT2D eigenvalue weighted by atomic mass is 32.2. The second-order valence-electron chi connectivity index (χ2n) is 7.37. The van der Waals surface area contributed by atoms with Crippen molar-refractivity contribution in [3.05, 3.63) is 42.7 Å². The van der Waals surface area contributed by atoms with E-state index in [9.17, 15) is 19.8 Å². The number of carbonyl (C=O) groups is 2. The monoisotopic (exact) mass is 474 g/mol. The van der Waals surface area contributed by atoms with Crippen LogP contribution in [0.4, 0.5) is 5.82 Å². The van der Waals surface area contributed by atoms with Gasteiger partial charge in [0.25, 0.3) is 0 Å². The van der Waals surface area contributed by atoms with Crippen LogP contribution in [0.1, 0.15) is 11.8 Å². The van der Waals surface area contributed by atoms with Gasteiger partial charge in [0.1, 0.15) is 17.9 Å². The van der Waals surface area contributed by atoms with Gasteiger partial charge >= 0.3 is 5.97 Å². The van der Waals surface area contributed by atoms with Gasteiger partial charge in [-0.25, -0.2) is 19.7 Å². The number of hydrogen-bond acceptors (Lipinski definition) is 11. The van der Waals surface area contributed by atoms with Crippen LogP contribution in [0.5, 0.6) is 0 Å². The van der Waals surface area contributed by atoms with Crippen molar-refractivity contribution >= 4 is 40.6 Å². The summed E-state index contributed by atoms with van der Waals surface area (Å²) in [5, 5.41) is 23.0. The van der Waals surface area contributed by atoms with Crippen molar-refractivity contribution in [3.63, 3.8) is 0 Å². The summed E-state index contributed by atoms with van der Waals surface area (Å²) in [6, 6.07) is 1.56. The predicted octanol–water partition coefficient (Wildman–Crippen LogP) is -1.11. The zero-order valence-corrected chi connectivity index (χ0v) is 18.0. The highest BCUT2D eigenvalue weighted by molar-refractivity contribution is 7.98. The summed E-state index contributed by atoms with van der Waals surface area (Å²) < 4.78 is 6.92. The summed E-state index contributed by atoms with van der Waals surface area (Å²) in [7, 11) is 0. The van der Waals surface area contributed by atoms with Gasteiger partial charge in [-0.3, -0.25) is 14.3 Å². The molecule has 1 amide bonds. The molecule has 0 bridgehead atoms. The van der Waals surface area contributed by atoms with E-state index < -0.39 is 42.4 Å². The summed E-state index contributed by atoms with van der Waals surface area (Å²) in [5.41, 5.74) is 13.3. The highest BCUT2D eigenvalue weighted by Gasteiger charge is 2.49. The van der Waals surface area contributed by atoms with Crippen LogP contribution in [-0.4, -0.2) is 76.6 Å². The van der Waals surface area contributed by atoms with Crippen molar-refractivity contribution in [1.29, 1.82) is 0 Å². The van der Waals surface area contributed by atoms with Gasteiger partial charge in [-0.15, -0.1) is 0 Å². The summed E-state index contributed by atoms with van der Waals surface area (Å²) >= 11 is 1.45. The van der Waals surface area contributed by atoms with E-state index in [1.807, 2.05) is 12.1 Å². The number of aliphatic carboxylic acids is 1. The first-order chi connectivity index (χ1) is 15.9. The van der Waals surface area contributed by atoms with Crippen molar-refractivity contribution in [1.82, 2.24) is 29.8 Å². The van der Waals surface area contributed by atoms with Gasteiger partial charge in [0.15, 0.2) is 23.8 Å². The van der Waals surface area contributed by atoms with Gasteiger partial charge in [-0.1, -0.05) is 0 Å². The number of nitrogens with two attached hydrogens (primary N) is 2. The molecular weight excluding hydrogens is 452 g/mol. The quantitative estimate of drug-likeness (QED) is 0.264. The fraction of sp³-hybridized carbons (Fsp3) is 0.368. The molecule has 1 saturated heterocycles. The summed E-state index contributed by atoms with van der Waals surface area (Å²) in [5.74, 6) is -0.889. The van der Waals surface area contributed by atoms with Gasteiger partial charge < -0.3 is 31.7 Å². The first kappa shape index (κ1) is 22.8. The number of aromatic nitrogens is 5. The average molecular weight is 475 g/mol.